The van der Waals surface area contributed by atoms with Crippen LogP contribution < -0.4 is 11.1 Å². The predicted octanol–water partition coefficient (Wildman–Crippen LogP) is 2.05. The van der Waals surface area contributed by atoms with Gasteiger partial charge in [-0.15, -0.1) is 0 Å². The minimum absolute atomic E-state index is 0.0853. The number of carbonyl (C=O) groups excluding carboxylic acids is 1. The number of carbonyl (C=O) groups is 1. The average molecular weight is 226 g/mol. The lowest BCUT2D eigenvalue weighted by atomic mass is 9.83. The minimum Gasteiger partial charge on any atom is -0.353 e. The molecule has 1 rings (SSSR count). The van der Waals surface area contributed by atoms with Crippen molar-refractivity contribution in [3.63, 3.8) is 0 Å². The maximum absolute atomic E-state index is 12.0. The van der Waals surface area contributed by atoms with Crippen LogP contribution in [0, 0.1) is 11.8 Å². The molecule has 3 N–H and O–H groups in total. The predicted molar refractivity (Wildman–Crippen MR) is 67.0 cm³/mol. The van der Waals surface area contributed by atoms with E-state index in [1.807, 2.05) is 0 Å². The molecule has 1 saturated carbocycles. The van der Waals surface area contributed by atoms with Gasteiger partial charge < -0.3 is 11.1 Å². The molecular weight excluding hydrogens is 200 g/mol. The second-order valence-electron chi connectivity index (χ2n) is 5.11. The Labute approximate surface area is 99.2 Å². The van der Waals surface area contributed by atoms with Crippen LogP contribution >= 0.6 is 0 Å². The molecule has 94 valence electrons. The zero-order chi connectivity index (χ0) is 12.1. The highest BCUT2D eigenvalue weighted by Crippen LogP contribution is 2.24. The summed E-state index contributed by atoms with van der Waals surface area (Å²) in [5, 5.41) is 3.09. The van der Waals surface area contributed by atoms with Gasteiger partial charge in [0.2, 0.25) is 5.91 Å². The largest absolute Gasteiger partial charge is 0.353 e. The number of hydrogen-bond acceptors (Lipinski definition) is 2. The van der Waals surface area contributed by atoms with Crippen LogP contribution in [-0.4, -0.2) is 18.0 Å². The van der Waals surface area contributed by atoms with Gasteiger partial charge in [0.25, 0.3) is 0 Å². The lowest BCUT2D eigenvalue weighted by Gasteiger charge is -2.27. The summed E-state index contributed by atoms with van der Waals surface area (Å²) in [4.78, 5) is 12.0. The van der Waals surface area contributed by atoms with E-state index in [4.69, 9.17) is 5.73 Å². The van der Waals surface area contributed by atoms with Crippen molar-refractivity contribution in [3.05, 3.63) is 0 Å². The highest BCUT2D eigenvalue weighted by Gasteiger charge is 2.31. The van der Waals surface area contributed by atoms with Crippen LogP contribution in [0.3, 0.4) is 0 Å². The van der Waals surface area contributed by atoms with Crippen molar-refractivity contribution in [2.45, 2.75) is 65.0 Å². The Morgan fingerprint density at radius 3 is 2.50 bits per heavy atom. The van der Waals surface area contributed by atoms with Gasteiger partial charge in [-0.05, 0) is 31.6 Å². The smallest absolute Gasteiger partial charge is 0.223 e. The molecule has 0 aliphatic heterocycles. The molecule has 0 bridgehead atoms. The van der Waals surface area contributed by atoms with E-state index < -0.39 is 0 Å². The van der Waals surface area contributed by atoms with Crippen molar-refractivity contribution < 1.29 is 4.79 Å². The van der Waals surface area contributed by atoms with Crippen molar-refractivity contribution in [1.29, 1.82) is 0 Å². The summed E-state index contributed by atoms with van der Waals surface area (Å²) in [6, 6.07) is 0.607. The number of hydrogen-bond donors (Lipinski definition) is 2. The van der Waals surface area contributed by atoms with E-state index in [2.05, 4.69) is 26.1 Å². The van der Waals surface area contributed by atoms with Gasteiger partial charge in [0.05, 0.1) is 0 Å². The number of amides is 1. The van der Waals surface area contributed by atoms with Crippen molar-refractivity contribution in [2.75, 3.05) is 0 Å². The van der Waals surface area contributed by atoms with E-state index in [0.717, 1.165) is 32.1 Å². The summed E-state index contributed by atoms with van der Waals surface area (Å²) in [6.45, 7) is 6.32. The van der Waals surface area contributed by atoms with Gasteiger partial charge in [0.1, 0.15) is 0 Å². The van der Waals surface area contributed by atoms with Gasteiger partial charge >= 0.3 is 0 Å². The lowest BCUT2D eigenvalue weighted by molar-refractivity contribution is -0.127. The molecule has 0 heterocycles. The van der Waals surface area contributed by atoms with Crippen LogP contribution in [-0.2, 0) is 4.79 Å². The standard InChI is InChI=1S/C13H26N2O/c1-4-6-12(14)9(3)11(5-2)13(16)15-10-7-8-10/h9-12H,4-8,14H2,1-3H3,(H,15,16). The second-order valence-corrected chi connectivity index (χ2v) is 5.11. The Morgan fingerprint density at radius 1 is 1.44 bits per heavy atom. The molecule has 0 aromatic rings. The molecule has 16 heavy (non-hydrogen) atoms. The fourth-order valence-corrected chi connectivity index (χ4v) is 2.23. The summed E-state index contributed by atoms with van der Waals surface area (Å²) >= 11 is 0. The molecule has 3 heteroatoms. The molecule has 0 aromatic carbocycles. The zero-order valence-corrected chi connectivity index (χ0v) is 10.8. The van der Waals surface area contributed by atoms with Gasteiger partial charge in [-0.3, -0.25) is 4.79 Å². The molecule has 0 spiro atoms. The second kappa shape index (κ2) is 6.24. The van der Waals surface area contributed by atoms with Crippen molar-refractivity contribution in [3.8, 4) is 0 Å². The molecule has 1 aliphatic carbocycles. The van der Waals surface area contributed by atoms with Gasteiger partial charge in [-0.2, -0.15) is 0 Å². The third kappa shape index (κ3) is 3.78. The third-order valence-corrected chi connectivity index (χ3v) is 3.63. The fraction of sp³-hybridized carbons (Fsp3) is 0.923. The minimum atomic E-state index is 0.0853. The van der Waals surface area contributed by atoms with E-state index in [-0.39, 0.29) is 23.8 Å². The van der Waals surface area contributed by atoms with E-state index in [0.29, 0.717) is 6.04 Å². The molecule has 0 saturated heterocycles. The van der Waals surface area contributed by atoms with Crippen LogP contribution in [0.15, 0.2) is 0 Å². The van der Waals surface area contributed by atoms with Crippen LogP contribution in [0.1, 0.15) is 52.9 Å². The normalized spacial score (nSPS) is 21.2. The van der Waals surface area contributed by atoms with Crippen molar-refractivity contribution in [1.82, 2.24) is 5.32 Å². The molecule has 1 amide bonds. The molecule has 1 aliphatic rings. The molecule has 1 fully saturated rings. The van der Waals surface area contributed by atoms with Crippen LogP contribution in [0.25, 0.3) is 0 Å². The Morgan fingerprint density at radius 2 is 2.06 bits per heavy atom. The van der Waals surface area contributed by atoms with Gasteiger partial charge in [-0.25, -0.2) is 0 Å². The number of rotatable bonds is 7. The van der Waals surface area contributed by atoms with Crippen LogP contribution in [0.4, 0.5) is 0 Å². The van der Waals surface area contributed by atoms with Gasteiger partial charge in [0.15, 0.2) is 0 Å². The highest BCUT2D eigenvalue weighted by atomic mass is 16.2. The number of nitrogens with two attached hydrogens (primary N) is 1. The Bertz CT molecular complexity index is 226. The maximum Gasteiger partial charge on any atom is 0.223 e. The quantitative estimate of drug-likeness (QED) is 0.698. The summed E-state index contributed by atoms with van der Waals surface area (Å²) in [6.07, 6.45) is 5.28. The van der Waals surface area contributed by atoms with Crippen molar-refractivity contribution in [2.24, 2.45) is 17.6 Å². The monoisotopic (exact) mass is 226 g/mol. The molecule has 3 unspecified atom stereocenters. The fourth-order valence-electron chi connectivity index (χ4n) is 2.23. The highest BCUT2D eigenvalue weighted by molar-refractivity contribution is 5.79. The first-order valence-electron chi connectivity index (χ1n) is 6.66. The van der Waals surface area contributed by atoms with Crippen LogP contribution in [0.2, 0.25) is 0 Å². The summed E-state index contributed by atoms with van der Waals surface area (Å²) in [7, 11) is 0. The first kappa shape index (κ1) is 13.5. The lowest BCUT2D eigenvalue weighted by Crippen LogP contribution is -2.41. The number of nitrogens with one attached hydrogen (secondary N) is 1. The van der Waals surface area contributed by atoms with E-state index >= 15 is 0 Å². The molecule has 0 aromatic heterocycles. The molecule has 3 nitrogen and oxygen atoms in total. The molecule has 0 radical (unpaired) electrons. The van der Waals surface area contributed by atoms with E-state index in [1.165, 1.54) is 0 Å². The summed E-state index contributed by atoms with van der Waals surface area (Å²) in [5.41, 5.74) is 6.11. The average Bonchev–Trinajstić information content (AvgIpc) is 3.03. The third-order valence-electron chi connectivity index (χ3n) is 3.63. The summed E-state index contributed by atoms with van der Waals surface area (Å²) in [5.74, 6) is 0.579. The first-order chi connectivity index (χ1) is 7.60. The summed E-state index contributed by atoms with van der Waals surface area (Å²) < 4.78 is 0. The van der Waals surface area contributed by atoms with E-state index in [9.17, 15) is 4.79 Å². The Balaban J connectivity index is 2.46. The molecular formula is C13H26N2O. The Kier molecular flexibility index (Phi) is 5.26. The first-order valence-corrected chi connectivity index (χ1v) is 6.66. The Hall–Kier alpha value is -0.570. The SMILES string of the molecule is CCCC(N)C(C)C(CC)C(=O)NC1CC1. The topological polar surface area (TPSA) is 55.1 Å². The van der Waals surface area contributed by atoms with Crippen LogP contribution in [0.5, 0.6) is 0 Å². The molecule has 3 atom stereocenters. The van der Waals surface area contributed by atoms with Gasteiger partial charge in [0, 0.05) is 18.0 Å². The maximum atomic E-state index is 12.0. The zero-order valence-electron chi connectivity index (χ0n) is 10.8. The van der Waals surface area contributed by atoms with Gasteiger partial charge in [-0.1, -0.05) is 27.2 Å². The van der Waals surface area contributed by atoms with Crippen molar-refractivity contribution >= 4 is 5.91 Å². The van der Waals surface area contributed by atoms with E-state index in [1.54, 1.807) is 0 Å².